The van der Waals surface area contributed by atoms with E-state index in [1.807, 2.05) is 48.5 Å². The Morgan fingerprint density at radius 3 is 2.64 bits per heavy atom. The number of nitrogens with one attached hydrogen (secondary N) is 1. The first kappa shape index (κ1) is 16.3. The topological polar surface area (TPSA) is 62.1 Å². The number of ether oxygens (including phenoxy) is 1. The number of benzene rings is 3. The zero-order valence-electron chi connectivity index (χ0n) is 13.7. The molecule has 0 fully saturated rings. The third-order valence-corrected chi connectivity index (χ3v) is 3.82. The predicted molar refractivity (Wildman–Crippen MR) is 99.2 cm³/mol. The summed E-state index contributed by atoms with van der Waals surface area (Å²) in [6.07, 6.45) is 1.61. The van der Waals surface area contributed by atoms with Crippen LogP contribution in [0.25, 0.3) is 16.8 Å². The van der Waals surface area contributed by atoms with Crippen molar-refractivity contribution >= 4 is 28.4 Å². The Morgan fingerprint density at radius 1 is 1.08 bits per heavy atom. The first-order valence-corrected chi connectivity index (χ1v) is 7.76. The van der Waals surface area contributed by atoms with Gasteiger partial charge in [-0.2, -0.15) is 5.26 Å². The summed E-state index contributed by atoms with van der Waals surface area (Å²) in [6.45, 7) is 0. The van der Waals surface area contributed by atoms with E-state index < -0.39 is 5.91 Å². The van der Waals surface area contributed by atoms with Crippen molar-refractivity contribution in [1.82, 2.24) is 0 Å². The van der Waals surface area contributed by atoms with Crippen LogP contribution in [0, 0.1) is 11.3 Å². The second-order valence-electron chi connectivity index (χ2n) is 5.42. The second-order valence-corrected chi connectivity index (χ2v) is 5.42. The molecule has 3 rings (SSSR count). The largest absolute Gasteiger partial charge is 0.497 e. The summed E-state index contributed by atoms with van der Waals surface area (Å²) in [5.41, 5.74) is 1.44. The number of amides is 1. The number of hydrogen-bond donors (Lipinski definition) is 1. The maximum absolute atomic E-state index is 12.4. The normalized spacial score (nSPS) is 11.0. The lowest BCUT2D eigenvalue weighted by Gasteiger charge is -2.07. The summed E-state index contributed by atoms with van der Waals surface area (Å²) in [5, 5.41) is 14.2. The number of anilines is 1. The fourth-order valence-corrected chi connectivity index (χ4v) is 2.58. The summed E-state index contributed by atoms with van der Waals surface area (Å²) in [7, 11) is 1.56. The van der Waals surface area contributed by atoms with Crippen LogP contribution < -0.4 is 10.1 Å². The highest BCUT2D eigenvalue weighted by molar-refractivity contribution is 6.10. The van der Waals surface area contributed by atoms with Gasteiger partial charge in [-0.3, -0.25) is 4.79 Å². The molecule has 0 saturated carbocycles. The molecule has 0 atom stereocenters. The molecule has 0 unspecified atom stereocenters. The molecule has 0 bridgehead atoms. The van der Waals surface area contributed by atoms with Crippen molar-refractivity contribution in [2.75, 3.05) is 12.4 Å². The summed E-state index contributed by atoms with van der Waals surface area (Å²) >= 11 is 0. The quantitative estimate of drug-likeness (QED) is 0.570. The van der Waals surface area contributed by atoms with E-state index in [0.717, 1.165) is 16.3 Å². The molecule has 0 aliphatic heterocycles. The predicted octanol–water partition coefficient (Wildman–Crippen LogP) is 4.39. The van der Waals surface area contributed by atoms with Crippen molar-refractivity contribution in [3.05, 3.63) is 77.9 Å². The third kappa shape index (κ3) is 3.67. The lowest BCUT2D eigenvalue weighted by Crippen LogP contribution is -2.13. The maximum Gasteiger partial charge on any atom is 0.266 e. The fourth-order valence-electron chi connectivity index (χ4n) is 2.58. The number of fused-ring (bicyclic) bond motifs is 1. The molecular formula is C21H16N2O2. The molecule has 3 aromatic rings. The number of carbonyl (C=O) groups excluding carboxylic acids is 1. The van der Waals surface area contributed by atoms with Crippen LogP contribution in [0.4, 0.5) is 5.69 Å². The van der Waals surface area contributed by atoms with E-state index in [4.69, 9.17) is 4.74 Å². The van der Waals surface area contributed by atoms with Crippen molar-refractivity contribution in [2.45, 2.75) is 0 Å². The van der Waals surface area contributed by atoms with Gasteiger partial charge in [0, 0.05) is 11.8 Å². The Bertz CT molecular complexity index is 995. The molecule has 4 nitrogen and oxygen atoms in total. The molecule has 0 saturated heterocycles. The van der Waals surface area contributed by atoms with Crippen LogP contribution in [-0.2, 0) is 4.79 Å². The van der Waals surface area contributed by atoms with Crippen LogP contribution in [0.1, 0.15) is 5.56 Å². The van der Waals surface area contributed by atoms with Gasteiger partial charge in [-0.15, -0.1) is 0 Å². The van der Waals surface area contributed by atoms with E-state index in [-0.39, 0.29) is 5.57 Å². The molecule has 0 heterocycles. The molecule has 4 heteroatoms. The third-order valence-electron chi connectivity index (χ3n) is 3.82. The van der Waals surface area contributed by atoms with Gasteiger partial charge in [-0.1, -0.05) is 48.5 Å². The Hall–Kier alpha value is -3.58. The Morgan fingerprint density at radius 2 is 1.84 bits per heavy atom. The maximum atomic E-state index is 12.4. The van der Waals surface area contributed by atoms with E-state index in [1.54, 1.807) is 37.5 Å². The molecule has 1 N–H and O–H groups in total. The van der Waals surface area contributed by atoms with Crippen molar-refractivity contribution in [3.63, 3.8) is 0 Å². The van der Waals surface area contributed by atoms with E-state index in [9.17, 15) is 10.1 Å². The van der Waals surface area contributed by atoms with Gasteiger partial charge in [0.1, 0.15) is 17.4 Å². The number of nitrogens with zero attached hydrogens (tertiary/aromatic N) is 1. The van der Waals surface area contributed by atoms with Gasteiger partial charge in [0.15, 0.2) is 0 Å². The Labute approximate surface area is 146 Å². The van der Waals surface area contributed by atoms with E-state index >= 15 is 0 Å². The Kier molecular flexibility index (Phi) is 4.77. The van der Waals surface area contributed by atoms with Crippen LogP contribution in [0.2, 0.25) is 0 Å². The lowest BCUT2D eigenvalue weighted by atomic mass is 10.0. The second kappa shape index (κ2) is 7.33. The molecule has 0 aliphatic rings. The van der Waals surface area contributed by atoms with Gasteiger partial charge in [0.05, 0.1) is 7.11 Å². The molecule has 1 amide bonds. The smallest absolute Gasteiger partial charge is 0.266 e. The minimum absolute atomic E-state index is 0.0409. The molecule has 122 valence electrons. The van der Waals surface area contributed by atoms with E-state index in [2.05, 4.69) is 5.32 Å². The fraction of sp³-hybridized carbons (Fsp3) is 0.0476. The van der Waals surface area contributed by atoms with Crippen molar-refractivity contribution in [1.29, 1.82) is 5.26 Å². The number of nitriles is 1. The Balaban J connectivity index is 1.92. The van der Waals surface area contributed by atoms with Crippen LogP contribution in [-0.4, -0.2) is 13.0 Å². The average molecular weight is 328 g/mol. The van der Waals surface area contributed by atoms with Crippen molar-refractivity contribution in [2.24, 2.45) is 0 Å². The molecule has 0 aliphatic carbocycles. The zero-order valence-corrected chi connectivity index (χ0v) is 13.7. The van der Waals surface area contributed by atoms with Crippen molar-refractivity contribution in [3.8, 4) is 11.8 Å². The first-order chi connectivity index (χ1) is 12.2. The summed E-state index contributed by atoms with van der Waals surface area (Å²) in [5.74, 6) is 0.179. The van der Waals surface area contributed by atoms with Gasteiger partial charge < -0.3 is 10.1 Å². The van der Waals surface area contributed by atoms with E-state index in [1.165, 1.54) is 0 Å². The van der Waals surface area contributed by atoms with Crippen molar-refractivity contribution < 1.29 is 9.53 Å². The minimum Gasteiger partial charge on any atom is -0.497 e. The SMILES string of the molecule is COc1cccc(NC(=O)/C(C#N)=C\c2cccc3ccccc23)c1. The van der Waals surface area contributed by atoms with Crippen LogP contribution in [0.15, 0.2) is 72.3 Å². The monoisotopic (exact) mass is 328 g/mol. The van der Waals surface area contributed by atoms with Crippen LogP contribution in [0.5, 0.6) is 5.75 Å². The minimum atomic E-state index is -0.455. The van der Waals surface area contributed by atoms with Gasteiger partial charge >= 0.3 is 0 Å². The number of rotatable bonds is 4. The van der Waals surface area contributed by atoms with Gasteiger partial charge in [-0.05, 0) is 34.5 Å². The highest BCUT2D eigenvalue weighted by Crippen LogP contribution is 2.22. The summed E-state index contributed by atoms with van der Waals surface area (Å²) in [6, 6.07) is 22.6. The zero-order chi connectivity index (χ0) is 17.6. The van der Waals surface area contributed by atoms with Crippen LogP contribution >= 0.6 is 0 Å². The highest BCUT2D eigenvalue weighted by Gasteiger charge is 2.11. The molecule has 25 heavy (non-hydrogen) atoms. The number of methoxy groups -OCH3 is 1. The lowest BCUT2D eigenvalue weighted by molar-refractivity contribution is -0.112. The molecule has 0 spiro atoms. The summed E-state index contributed by atoms with van der Waals surface area (Å²) in [4.78, 5) is 12.4. The van der Waals surface area contributed by atoms with Crippen LogP contribution in [0.3, 0.4) is 0 Å². The van der Waals surface area contributed by atoms with Gasteiger partial charge in [0.2, 0.25) is 0 Å². The highest BCUT2D eigenvalue weighted by atomic mass is 16.5. The molecule has 3 aromatic carbocycles. The molecule has 0 radical (unpaired) electrons. The van der Waals surface area contributed by atoms with E-state index in [0.29, 0.717) is 11.4 Å². The summed E-state index contributed by atoms with van der Waals surface area (Å²) < 4.78 is 5.14. The van der Waals surface area contributed by atoms with Gasteiger partial charge in [0.25, 0.3) is 5.91 Å². The van der Waals surface area contributed by atoms with Gasteiger partial charge in [-0.25, -0.2) is 0 Å². The molecule has 0 aromatic heterocycles. The average Bonchev–Trinajstić information content (AvgIpc) is 2.66. The molecular weight excluding hydrogens is 312 g/mol. The first-order valence-electron chi connectivity index (χ1n) is 7.76. The number of hydrogen-bond acceptors (Lipinski definition) is 3. The standard InChI is InChI=1S/C21H16N2O2/c1-25-19-10-5-9-18(13-19)23-21(24)17(14-22)12-16-8-4-7-15-6-2-3-11-20(15)16/h2-13H,1H3,(H,23,24)/b17-12-. The number of carbonyl (C=O) groups is 1.